The number of nitrogens with one attached hydrogen (secondary N) is 2. The number of aliphatic hydroxyl groups is 1. The average molecular weight is 775 g/mol. The number of hydrogen-bond acceptors (Lipinski definition) is 11. The Balaban J connectivity index is 0.00000244. The molecule has 2 aliphatic heterocycles. The van der Waals surface area contributed by atoms with Crippen molar-refractivity contribution in [1.29, 1.82) is 0 Å². The van der Waals surface area contributed by atoms with Gasteiger partial charge in [-0.05, 0) is 80.1 Å². The molecule has 4 aromatic rings. The number of nitrogens with zero attached hydrogens (tertiary/aromatic N) is 8. The molecule has 298 valence electrons. The lowest BCUT2D eigenvalue weighted by atomic mass is 9.97. The molecule has 4 aliphatic rings. The molecule has 15 nitrogen and oxygen atoms in total. The van der Waals surface area contributed by atoms with Crippen LogP contribution in [0, 0.1) is 0 Å². The largest absolute Gasteiger partial charge is 0.387 e. The van der Waals surface area contributed by atoms with Gasteiger partial charge >= 0.3 is 0 Å². The Morgan fingerprint density at radius 1 is 0.982 bits per heavy atom. The van der Waals surface area contributed by atoms with Crippen LogP contribution in [0.3, 0.4) is 0 Å². The monoisotopic (exact) mass is 774 g/mol. The van der Waals surface area contributed by atoms with Crippen LogP contribution in [-0.4, -0.2) is 102 Å². The van der Waals surface area contributed by atoms with Crippen molar-refractivity contribution in [3.63, 3.8) is 0 Å². The van der Waals surface area contributed by atoms with Gasteiger partial charge in [0, 0.05) is 62.8 Å². The van der Waals surface area contributed by atoms with E-state index >= 15 is 0 Å². The number of carbonyl (C=O) groups excluding carboxylic acids is 3. The highest BCUT2D eigenvalue weighted by atomic mass is 16.3. The van der Waals surface area contributed by atoms with Crippen molar-refractivity contribution in [2.24, 2.45) is 0 Å². The standard InChI is InChI=1S/C40H44N10O5.C2H6/c1-4-17-49-39(55)30-21-41-40(45-36(30)50(49)33-15-8-25-7-14-32(51)35(25)43-33)42-27-9-5-24(6-10-27)22-46(2)18-19-47(3)28-11-12-29-26(20-28)23-48(38(29)54)31-13-16-34(52)44-37(31)53;1-2/h4-6,8-10,15,20-21,31-32,51H,1,7,11-14,16-19,22-23H2,2-3H3,(H,41,42,45)(H,44,52,53);1-2H3. The zero-order chi connectivity index (χ0) is 40.4. The van der Waals surface area contributed by atoms with Crippen LogP contribution in [-0.2, 0) is 33.9 Å². The van der Waals surface area contributed by atoms with Crippen molar-refractivity contribution in [2.75, 3.05) is 39.0 Å². The van der Waals surface area contributed by atoms with Gasteiger partial charge in [-0.25, -0.2) is 19.3 Å². The lowest BCUT2D eigenvalue weighted by Crippen LogP contribution is -2.53. The number of anilines is 2. The summed E-state index contributed by atoms with van der Waals surface area (Å²) in [7, 11) is 4.15. The Hall–Kier alpha value is -5.93. The Labute approximate surface area is 331 Å². The first-order valence-electron chi connectivity index (χ1n) is 19.7. The summed E-state index contributed by atoms with van der Waals surface area (Å²) in [5, 5.41) is 16.5. The quantitative estimate of drug-likeness (QED) is 0.141. The van der Waals surface area contributed by atoms with Gasteiger partial charge in [-0.15, -0.1) is 6.58 Å². The van der Waals surface area contributed by atoms with E-state index in [4.69, 9.17) is 9.97 Å². The van der Waals surface area contributed by atoms with Gasteiger partial charge in [-0.2, -0.15) is 4.98 Å². The maximum atomic E-state index is 13.4. The first-order chi connectivity index (χ1) is 27.6. The minimum atomic E-state index is -0.637. The second kappa shape index (κ2) is 16.7. The molecular weight excluding hydrogens is 725 g/mol. The SMILES string of the molecule is C=CCn1c(=O)c2cnc(Nc3ccc(CN(C)CCN(C)C4=CC5=C(CC4)C(=O)N(C4CCC(=O)NC4=O)C5)cc3)nc2n1-c1ccc2c(n1)C(O)CC2.CC. The summed E-state index contributed by atoms with van der Waals surface area (Å²) in [5.41, 5.74) is 6.62. The number of fused-ring (bicyclic) bond motifs is 2. The number of likely N-dealkylation sites (N-methyl/N-ethyl adjacent to an activating group) is 2. The molecule has 0 radical (unpaired) electrons. The molecule has 0 bridgehead atoms. The van der Waals surface area contributed by atoms with Crippen molar-refractivity contribution in [1.82, 2.24) is 44.3 Å². The van der Waals surface area contributed by atoms with Crippen molar-refractivity contribution in [2.45, 2.75) is 77.6 Å². The van der Waals surface area contributed by atoms with Crippen LogP contribution < -0.4 is 16.2 Å². The number of piperidine rings is 1. The molecular formula is C42H50N10O5. The summed E-state index contributed by atoms with van der Waals surface area (Å²) in [6.07, 6.45) is 8.02. The number of pyridine rings is 1. The van der Waals surface area contributed by atoms with E-state index in [0.717, 1.165) is 66.1 Å². The number of imide groups is 1. The number of aromatic nitrogens is 5. The summed E-state index contributed by atoms with van der Waals surface area (Å²) >= 11 is 0. The van der Waals surface area contributed by atoms with E-state index < -0.39 is 12.1 Å². The van der Waals surface area contributed by atoms with E-state index in [2.05, 4.69) is 64.3 Å². The number of carbonyl (C=O) groups is 3. The molecule has 2 aliphatic carbocycles. The summed E-state index contributed by atoms with van der Waals surface area (Å²) in [6.45, 7) is 10.8. The summed E-state index contributed by atoms with van der Waals surface area (Å²) in [5.74, 6) is 0.0565. The van der Waals surface area contributed by atoms with E-state index in [0.29, 0.717) is 54.3 Å². The van der Waals surface area contributed by atoms with E-state index in [-0.39, 0.29) is 36.2 Å². The van der Waals surface area contributed by atoms with Crippen LogP contribution in [0.5, 0.6) is 0 Å². The lowest BCUT2D eigenvalue weighted by Gasteiger charge is -2.29. The van der Waals surface area contributed by atoms with Gasteiger partial charge in [0.05, 0.1) is 18.3 Å². The van der Waals surface area contributed by atoms with Gasteiger partial charge in [0.2, 0.25) is 17.8 Å². The topological polar surface area (TPSA) is 171 Å². The van der Waals surface area contributed by atoms with E-state index in [9.17, 15) is 24.3 Å². The number of aryl methyl sites for hydroxylation is 1. The predicted octanol–water partition coefficient (Wildman–Crippen LogP) is 3.90. The molecule has 1 saturated heterocycles. The molecule has 8 rings (SSSR count). The van der Waals surface area contributed by atoms with Gasteiger partial charge in [0.25, 0.3) is 11.5 Å². The number of rotatable bonds is 12. The molecule has 57 heavy (non-hydrogen) atoms. The summed E-state index contributed by atoms with van der Waals surface area (Å²) in [4.78, 5) is 70.6. The first kappa shape index (κ1) is 39.3. The summed E-state index contributed by atoms with van der Waals surface area (Å²) < 4.78 is 3.19. The third-order valence-electron chi connectivity index (χ3n) is 11.0. The van der Waals surface area contributed by atoms with Crippen LogP contribution in [0.25, 0.3) is 16.9 Å². The van der Waals surface area contributed by atoms with Gasteiger partial charge in [0.15, 0.2) is 11.5 Å². The highest BCUT2D eigenvalue weighted by Crippen LogP contribution is 2.34. The van der Waals surface area contributed by atoms with E-state index in [1.807, 2.05) is 38.1 Å². The van der Waals surface area contributed by atoms with Crippen molar-refractivity contribution in [3.8, 4) is 5.82 Å². The maximum Gasteiger partial charge on any atom is 0.278 e. The Kier molecular flexibility index (Phi) is 11.5. The van der Waals surface area contributed by atoms with Crippen LogP contribution in [0.4, 0.5) is 11.6 Å². The molecule has 3 aromatic heterocycles. The average Bonchev–Trinajstić information content (AvgIpc) is 3.84. The molecule has 15 heteroatoms. The van der Waals surface area contributed by atoms with Crippen molar-refractivity contribution >= 4 is 40.4 Å². The Morgan fingerprint density at radius 2 is 1.77 bits per heavy atom. The third-order valence-corrected chi connectivity index (χ3v) is 11.0. The molecule has 0 saturated carbocycles. The van der Waals surface area contributed by atoms with E-state index in [1.165, 1.54) is 10.9 Å². The van der Waals surface area contributed by atoms with Crippen LogP contribution in [0.15, 0.2) is 83.0 Å². The molecule has 0 spiro atoms. The highest BCUT2D eigenvalue weighted by Gasteiger charge is 2.40. The maximum absolute atomic E-state index is 13.4. The fraction of sp³-hybridized carbons (Fsp3) is 0.405. The third kappa shape index (κ3) is 7.89. The Bertz CT molecular complexity index is 2340. The lowest BCUT2D eigenvalue weighted by molar-refractivity contribution is -0.142. The Morgan fingerprint density at radius 3 is 2.53 bits per heavy atom. The molecule has 2 atom stereocenters. The zero-order valence-electron chi connectivity index (χ0n) is 33.0. The molecule has 2 unspecified atom stereocenters. The number of hydrogen-bond donors (Lipinski definition) is 3. The normalized spacial score (nSPS) is 18.9. The predicted molar refractivity (Wildman–Crippen MR) is 217 cm³/mol. The summed E-state index contributed by atoms with van der Waals surface area (Å²) in [6, 6.07) is 11.3. The number of amides is 3. The fourth-order valence-corrected chi connectivity index (χ4v) is 7.95. The van der Waals surface area contributed by atoms with E-state index in [1.54, 1.807) is 15.7 Å². The molecule has 5 heterocycles. The van der Waals surface area contributed by atoms with Gasteiger partial charge < -0.3 is 25.1 Å². The molecule has 1 aromatic carbocycles. The van der Waals surface area contributed by atoms with Gasteiger partial charge in [0.1, 0.15) is 11.4 Å². The van der Waals surface area contributed by atoms with Crippen molar-refractivity contribution < 1.29 is 19.5 Å². The molecule has 3 amide bonds. The molecule has 3 N–H and O–H groups in total. The van der Waals surface area contributed by atoms with Gasteiger partial charge in [-0.3, -0.25) is 24.5 Å². The van der Waals surface area contributed by atoms with Gasteiger partial charge in [-0.1, -0.05) is 38.1 Å². The van der Waals surface area contributed by atoms with Crippen molar-refractivity contribution in [3.05, 3.63) is 105 Å². The zero-order valence-corrected chi connectivity index (χ0v) is 33.0. The van der Waals surface area contributed by atoms with Crippen LogP contribution in [0.2, 0.25) is 0 Å². The fourth-order valence-electron chi connectivity index (χ4n) is 7.95. The van der Waals surface area contributed by atoms with Crippen LogP contribution in [0.1, 0.15) is 68.9 Å². The second-order valence-electron chi connectivity index (χ2n) is 14.7. The number of allylic oxidation sites excluding steroid dienone is 2. The molecule has 1 fully saturated rings. The number of benzene rings is 1. The smallest absolute Gasteiger partial charge is 0.278 e. The second-order valence-corrected chi connectivity index (χ2v) is 14.7. The highest BCUT2D eigenvalue weighted by molar-refractivity contribution is 6.05. The van der Waals surface area contributed by atoms with Crippen LogP contribution >= 0.6 is 0 Å². The number of aliphatic hydroxyl groups excluding tert-OH is 1. The minimum absolute atomic E-state index is 0.0906. The first-order valence-corrected chi connectivity index (χ1v) is 19.7. The minimum Gasteiger partial charge on any atom is -0.387 e.